The largest absolute Gasteiger partial charge is 0.449 e. The normalized spacial score (nSPS) is 11.7. The number of hydrogen-bond donors (Lipinski definition) is 2. The Morgan fingerprint density at radius 1 is 1.17 bits per heavy atom. The van der Waals surface area contributed by atoms with Gasteiger partial charge >= 0.3 is 6.18 Å². The molecule has 0 aliphatic carbocycles. The smallest absolute Gasteiger partial charge is 0.334 e. The number of rotatable bonds is 2. The maximum absolute atomic E-state index is 12.7. The Labute approximate surface area is 133 Å². The number of carbonyl (C=O) groups excluding carboxylic acids is 1. The molecule has 0 bridgehead atoms. The first-order valence-electron chi connectivity index (χ1n) is 6.47. The number of aromatic nitrogens is 2. The summed E-state index contributed by atoms with van der Waals surface area (Å²) >= 11 is 5.82. The van der Waals surface area contributed by atoms with Gasteiger partial charge < -0.3 is 10.3 Å². The van der Waals surface area contributed by atoms with E-state index in [9.17, 15) is 18.0 Å². The Balaban J connectivity index is 1.97. The molecule has 0 aliphatic heterocycles. The third-order valence-corrected chi connectivity index (χ3v) is 3.35. The molecule has 1 amide bonds. The van der Waals surface area contributed by atoms with E-state index >= 15 is 0 Å². The van der Waals surface area contributed by atoms with Crippen LogP contribution in [0.1, 0.15) is 16.2 Å². The number of para-hydroxylation sites is 1. The van der Waals surface area contributed by atoms with E-state index < -0.39 is 17.9 Å². The fraction of sp³-hybridized carbons (Fsp3) is 0.0667. The summed E-state index contributed by atoms with van der Waals surface area (Å²) in [6, 6.07) is 10.7. The second-order valence-corrected chi connectivity index (χ2v) is 5.19. The second-order valence-electron chi connectivity index (χ2n) is 4.75. The highest BCUT2D eigenvalue weighted by atomic mass is 35.5. The Morgan fingerprint density at radius 2 is 1.91 bits per heavy atom. The molecule has 0 radical (unpaired) electrons. The highest BCUT2D eigenvalue weighted by molar-refractivity contribution is 6.31. The SMILES string of the molecule is O=C(Nc1cccc2[nH]c(C(F)(F)F)nc12)c1cccc(Cl)c1. The first kappa shape index (κ1) is 15.4. The molecule has 0 atom stereocenters. The summed E-state index contributed by atoms with van der Waals surface area (Å²) in [6.45, 7) is 0. The zero-order valence-corrected chi connectivity index (χ0v) is 12.2. The third-order valence-electron chi connectivity index (χ3n) is 3.12. The molecule has 2 aromatic carbocycles. The Hall–Kier alpha value is -2.54. The number of aromatic amines is 1. The molecule has 3 rings (SSSR count). The lowest BCUT2D eigenvalue weighted by molar-refractivity contribution is -0.144. The van der Waals surface area contributed by atoms with Crippen LogP contribution in [0.3, 0.4) is 0 Å². The van der Waals surface area contributed by atoms with E-state index in [1.807, 2.05) is 0 Å². The lowest BCUT2D eigenvalue weighted by Gasteiger charge is -2.06. The molecular formula is C15H9ClF3N3O. The van der Waals surface area contributed by atoms with Gasteiger partial charge in [-0.3, -0.25) is 4.79 Å². The molecule has 8 heteroatoms. The van der Waals surface area contributed by atoms with Crippen LogP contribution < -0.4 is 5.32 Å². The van der Waals surface area contributed by atoms with E-state index in [0.717, 1.165) is 0 Å². The van der Waals surface area contributed by atoms with Crippen molar-refractivity contribution in [1.82, 2.24) is 9.97 Å². The number of H-pyrrole nitrogens is 1. The number of amides is 1. The maximum Gasteiger partial charge on any atom is 0.449 e. The number of alkyl halides is 3. The molecule has 4 nitrogen and oxygen atoms in total. The van der Waals surface area contributed by atoms with E-state index in [1.54, 1.807) is 18.2 Å². The number of nitrogens with zero attached hydrogens (tertiary/aromatic N) is 1. The van der Waals surface area contributed by atoms with Crippen molar-refractivity contribution in [2.24, 2.45) is 0 Å². The van der Waals surface area contributed by atoms with Crippen LogP contribution in [-0.2, 0) is 6.18 Å². The number of carbonyl (C=O) groups is 1. The van der Waals surface area contributed by atoms with Gasteiger partial charge in [-0.05, 0) is 30.3 Å². The maximum atomic E-state index is 12.7. The van der Waals surface area contributed by atoms with Gasteiger partial charge in [0.05, 0.1) is 11.2 Å². The number of nitrogens with one attached hydrogen (secondary N) is 2. The summed E-state index contributed by atoms with van der Waals surface area (Å²) in [4.78, 5) is 17.9. The summed E-state index contributed by atoms with van der Waals surface area (Å²) < 4.78 is 38.2. The molecule has 3 aromatic rings. The summed E-state index contributed by atoms with van der Waals surface area (Å²) in [6.07, 6.45) is -4.59. The van der Waals surface area contributed by atoms with Gasteiger partial charge in [0.25, 0.3) is 5.91 Å². The summed E-state index contributed by atoms with van der Waals surface area (Å²) in [5.41, 5.74) is 0.691. The highest BCUT2D eigenvalue weighted by Gasteiger charge is 2.35. The second kappa shape index (κ2) is 5.58. The summed E-state index contributed by atoms with van der Waals surface area (Å²) in [5, 5.41) is 2.93. The van der Waals surface area contributed by atoms with Crippen molar-refractivity contribution >= 4 is 34.2 Å². The number of benzene rings is 2. The Bertz CT molecular complexity index is 889. The molecule has 1 aromatic heterocycles. The van der Waals surface area contributed by atoms with E-state index in [1.165, 1.54) is 24.3 Å². The minimum Gasteiger partial charge on any atom is -0.334 e. The third kappa shape index (κ3) is 3.14. The average molecular weight is 340 g/mol. The van der Waals surface area contributed by atoms with Gasteiger partial charge in [0, 0.05) is 10.6 Å². The minimum atomic E-state index is -4.59. The van der Waals surface area contributed by atoms with E-state index in [2.05, 4.69) is 15.3 Å². The first-order valence-corrected chi connectivity index (χ1v) is 6.85. The average Bonchev–Trinajstić information content (AvgIpc) is 2.92. The van der Waals surface area contributed by atoms with Gasteiger partial charge in [-0.1, -0.05) is 23.7 Å². The van der Waals surface area contributed by atoms with Gasteiger partial charge in [0.1, 0.15) is 5.52 Å². The van der Waals surface area contributed by atoms with Crippen molar-refractivity contribution in [3.05, 3.63) is 58.9 Å². The van der Waals surface area contributed by atoms with Crippen LogP contribution in [-0.4, -0.2) is 15.9 Å². The molecule has 1 heterocycles. The highest BCUT2D eigenvalue weighted by Crippen LogP contribution is 2.31. The lowest BCUT2D eigenvalue weighted by atomic mass is 10.2. The molecular weight excluding hydrogens is 331 g/mol. The molecule has 0 aliphatic rings. The minimum absolute atomic E-state index is 0.0372. The number of halogens is 4. The molecule has 0 unspecified atom stereocenters. The summed E-state index contributed by atoms with van der Waals surface area (Å²) in [5.74, 6) is -1.60. The number of fused-ring (bicyclic) bond motifs is 1. The van der Waals surface area contributed by atoms with Crippen LogP contribution in [0.2, 0.25) is 5.02 Å². The van der Waals surface area contributed by atoms with Gasteiger partial charge in [-0.25, -0.2) is 4.98 Å². The van der Waals surface area contributed by atoms with Gasteiger partial charge in [0.2, 0.25) is 5.82 Å². The standard InChI is InChI=1S/C15H9ClF3N3O/c16-9-4-1-3-8(7-9)13(23)20-10-5-2-6-11-12(10)22-14(21-11)15(17,18)19/h1-7H,(H,20,23)(H,21,22). The van der Waals surface area contributed by atoms with Crippen molar-refractivity contribution in [3.63, 3.8) is 0 Å². The molecule has 2 N–H and O–H groups in total. The van der Waals surface area contributed by atoms with Crippen molar-refractivity contribution in [1.29, 1.82) is 0 Å². The van der Waals surface area contributed by atoms with Crippen molar-refractivity contribution in [2.75, 3.05) is 5.32 Å². The lowest BCUT2D eigenvalue weighted by Crippen LogP contribution is -2.12. The van der Waals surface area contributed by atoms with Crippen molar-refractivity contribution < 1.29 is 18.0 Å². The van der Waals surface area contributed by atoms with Gasteiger partial charge in [0.15, 0.2) is 0 Å². The molecule has 0 fully saturated rings. The van der Waals surface area contributed by atoms with Gasteiger partial charge in [-0.2, -0.15) is 13.2 Å². The van der Waals surface area contributed by atoms with E-state index in [4.69, 9.17) is 11.6 Å². The Kier molecular flexibility index (Phi) is 3.73. The molecule has 118 valence electrons. The molecule has 23 heavy (non-hydrogen) atoms. The van der Waals surface area contributed by atoms with Crippen molar-refractivity contribution in [3.8, 4) is 0 Å². The fourth-order valence-electron chi connectivity index (χ4n) is 2.09. The van der Waals surface area contributed by atoms with E-state index in [0.29, 0.717) is 10.6 Å². The predicted molar refractivity (Wildman–Crippen MR) is 80.5 cm³/mol. The zero-order chi connectivity index (χ0) is 16.6. The quantitative estimate of drug-likeness (QED) is 0.723. The van der Waals surface area contributed by atoms with Crippen LogP contribution in [0.4, 0.5) is 18.9 Å². The fourth-order valence-corrected chi connectivity index (χ4v) is 2.28. The number of hydrogen-bond acceptors (Lipinski definition) is 2. The topological polar surface area (TPSA) is 57.8 Å². The molecule has 0 saturated heterocycles. The first-order chi connectivity index (χ1) is 10.8. The Morgan fingerprint density at radius 3 is 2.61 bits per heavy atom. The van der Waals surface area contributed by atoms with Crippen LogP contribution in [0.15, 0.2) is 42.5 Å². The van der Waals surface area contributed by atoms with Crippen LogP contribution >= 0.6 is 11.6 Å². The number of anilines is 1. The van der Waals surface area contributed by atoms with Gasteiger partial charge in [-0.15, -0.1) is 0 Å². The summed E-state index contributed by atoms with van der Waals surface area (Å²) in [7, 11) is 0. The zero-order valence-electron chi connectivity index (χ0n) is 11.4. The van der Waals surface area contributed by atoms with Crippen molar-refractivity contribution in [2.45, 2.75) is 6.18 Å². The molecule has 0 spiro atoms. The number of imidazole rings is 1. The van der Waals surface area contributed by atoms with Crippen LogP contribution in [0, 0.1) is 0 Å². The molecule has 0 saturated carbocycles. The predicted octanol–water partition coefficient (Wildman–Crippen LogP) is 4.49. The van der Waals surface area contributed by atoms with Crippen LogP contribution in [0.5, 0.6) is 0 Å². The monoisotopic (exact) mass is 339 g/mol. The van der Waals surface area contributed by atoms with Crippen LogP contribution in [0.25, 0.3) is 11.0 Å². The van der Waals surface area contributed by atoms with E-state index in [-0.39, 0.29) is 16.7 Å².